The summed E-state index contributed by atoms with van der Waals surface area (Å²) in [7, 11) is 1.64. The lowest BCUT2D eigenvalue weighted by Gasteiger charge is -2.32. The van der Waals surface area contributed by atoms with E-state index >= 15 is 0 Å². The van der Waals surface area contributed by atoms with E-state index < -0.39 is 0 Å². The topological polar surface area (TPSA) is 86.9 Å². The number of rotatable bonds is 8. The zero-order valence-corrected chi connectivity index (χ0v) is 18.1. The fourth-order valence-corrected chi connectivity index (χ4v) is 4.13. The highest BCUT2D eigenvalue weighted by Crippen LogP contribution is 2.25. The van der Waals surface area contributed by atoms with Gasteiger partial charge in [-0.25, -0.2) is 0 Å². The molecule has 4 rings (SSSR count). The molecule has 8 heteroatoms. The molecule has 31 heavy (non-hydrogen) atoms. The van der Waals surface area contributed by atoms with Crippen molar-refractivity contribution in [3.05, 3.63) is 41.5 Å². The lowest BCUT2D eigenvalue weighted by atomic mass is 10.0. The van der Waals surface area contributed by atoms with Crippen LogP contribution >= 0.6 is 0 Å². The number of aromatic nitrogens is 2. The number of carbonyl (C=O) groups excluding carboxylic acids is 1. The highest BCUT2D eigenvalue weighted by atomic mass is 16.5. The quantitative estimate of drug-likeness (QED) is 0.638. The molecule has 2 aromatic rings. The second-order valence-electron chi connectivity index (χ2n) is 8.19. The lowest BCUT2D eigenvalue weighted by molar-refractivity contribution is -0.134. The first kappa shape index (κ1) is 21.8. The first-order valence-corrected chi connectivity index (χ1v) is 11.1. The van der Waals surface area contributed by atoms with Crippen molar-refractivity contribution in [3.63, 3.8) is 0 Å². The van der Waals surface area contributed by atoms with Crippen molar-refractivity contribution in [1.82, 2.24) is 15.0 Å². The fraction of sp³-hybridized carbons (Fsp3) is 0.609. The summed E-state index contributed by atoms with van der Waals surface area (Å²) >= 11 is 0. The Morgan fingerprint density at radius 2 is 2.00 bits per heavy atom. The van der Waals surface area contributed by atoms with Gasteiger partial charge in [0.25, 0.3) is 0 Å². The molecule has 1 aromatic heterocycles. The Morgan fingerprint density at radius 3 is 2.77 bits per heavy atom. The fourth-order valence-electron chi connectivity index (χ4n) is 4.13. The van der Waals surface area contributed by atoms with Crippen molar-refractivity contribution in [2.75, 3.05) is 40.0 Å². The predicted molar refractivity (Wildman–Crippen MR) is 113 cm³/mol. The summed E-state index contributed by atoms with van der Waals surface area (Å²) in [6.45, 7) is 3.45. The van der Waals surface area contributed by atoms with Gasteiger partial charge in [-0.05, 0) is 43.4 Å². The van der Waals surface area contributed by atoms with Crippen molar-refractivity contribution < 1.29 is 23.5 Å². The molecule has 1 unspecified atom stereocenters. The molecule has 1 atom stereocenters. The monoisotopic (exact) mass is 429 g/mol. The second-order valence-corrected chi connectivity index (χ2v) is 8.19. The van der Waals surface area contributed by atoms with E-state index in [2.05, 4.69) is 10.1 Å². The molecule has 2 aliphatic heterocycles. The first-order chi connectivity index (χ1) is 15.2. The van der Waals surface area contributed by atoms with Crippen molar-refractivity contribution in [1.29, 1.82) is 0 Å². The van der Waals surface area contributed by atoms with Crippen molar-refractivity contribution in [2.45, 2.75) is 50.5 Å². The van der Waals surface area contributed by atoms with Crippen LogP contribution in [0, 0.1) is 0 Å². The van der Waals surface area contributed by atoms with Crippen LogP contribution in [0.1, 0.15) is 48.9 Å². The van der Waals surface area contributed by atoms with Gasteiger partial charge in [0.2, 0.25) is 11.8 Å². The smallest absolute Gasteiger partial charge is 0.229 e. The molecule has 0 N–H and O–H groups in total. The Balaban J connectivity index is 1.20. The summed E-state index contributed by atoms with van der Waals surface area (Å²) in [6, 6.07) is 7.65. The number of amides is 1. The summed E-state index contributed by atoms with van der Waals surface area (Å²) in [5.41, 5.74) is 0.992. The zero-order valence-electron chi connectivity index (χ0n) is 18.1. The summed E-state index contributed by atoms with van der Waals surface area (Å²) < 4.78 is 22.0. The number of nitrogens with zero attached hydrogens (tertiary/aromatic N) is 3. The van der Waals surface area contributed by atoms with Gasteiger partial charge in [0, 0.05) is 38.6 Å². The van der Waals surface area contributed by atoms with Crippen LogP contribution in [-0.2, 0) is 27.1 Å². The number of ether oxygens (including phenoxy) is 3. The molecule has 0 saturated carbocycles. The molecule has 0 aliphatic carbocycles. The van der Waals surface area contributed by atoms with Crippen LogP contribution < -0.4 is 4.74 Å². The molecule has 168 valence electrons. The van der Waals surface area contributed by atoms with E-state index in [1.165, 1.54) is 0 Å². The van der Waals surface area contributed by atoms with Crippen LogP contribution in [0.15, 0.2) is 28.8 Å². The van der Waals surface area contributed by atoms with Crippen LogP contribution in [0.3, 0.4) is 0 Å². The average Bonchev–Trinajstić information content (AvgIpc) is 3.29. The van der Waals surface area contributed by atoms with Gasteiger partial charge in [-0.15, -0.1) is 0 Å². The van der Waals surface area contributed by atoms with Crippen LogP contribution in [0.4, 0.5) is 0 Å². The molecule has 0 bridgehead atoms. The highest BCUT2D eigenvalue weighted by Gasteiger charge is 2.25. The minimum absolute atomic E-state index is 0.0513. The Kier molecular flexibility index (Phi) is 7.53. The van der Waals surface area contributed by atoms with E-state index in [-0.39, 0.29) is 12.0 Å². The van der Waals surface area contributed by atoms with E-state index in [1.54, 1.807) is 7.11 Å². The van der Waals surface area contributed by atoms with Crippen molar-refractivity contribution in [2.24, 2.45) is 0 Å². The minimum Gasteiger partial charge on any atom is -0.497 e. The molecule has 1 aromatic carbocycles. The Hall–Kier alpha value is -2.45. The molecule has 2 fully saturated rings. The van der Waals surface area contributed by atoms with Gasteiger partial charge in [-0.2, -0.15) is 4.98 Å². The van der Waals surface area contributed by atoms with Gasteiger partial charge in [0.1, 0.15) is 5.75 Å². The Labute approximate surface area is 182 Å². The summed E-state index contributed by atoms with van der Waals surface area (Å²) in [4.78, 5) is 19.2. The van der Waals surface area contributed by atoms with Gasteiger partial charge in [-0.3, -0.25) is 4.79 Å². The first-order valence-electron chi connectivity index (χ1n) is 11.1. The SMILES string of the molecule is COc1ccc(CC(=O)N2CCCC(OCCc3noc(C4CCOCC4)n3)C2)cc1. The Bertz CT molecular complexity index is 832. The third-order valence-corrected chi connectivity index (χ3v) is 5.98. The lowest BCUT2D eigenvalue weighted by Crippen LogP contribution is -2.44. The average molecular weight is 430 g/mol. The van der Waals surface area contributed by atoms with E-state index in [1.807, 2.05) is 29.2 Å². The maximum absolute atomic E-state index is 12.7. The largest absolute Gasteiger partial charge is 0.497 e. The summed E-state index contributed by atoms with van der Waals surface area (Å²) in [6.07, 6.45) is 4.84. The number of hydrogen-bond donors (Lipinski definition) is 0. The molecule has 2 saturated heterocycles. The Morgan fingerprint density at radius 1 is 1.19 bits per heavy atom. The zero-order chi connectivity index (χ0) is 21.5. The summed E-state index contributed by atoms with van der Waals surface area (Å²) in [5.74, 6) is 2.64. The molecule has 0 spiro atoms. The van der Waals surface area contributed by atoms with Gasteiger partial charge in [-0.1, -0.05) is 17.3 Å². The van der Waals surface area contributed by atoms with E-state index in [9.17, 15) is 4.79 Å². The van der Waals surface area contributed by atoms with Crippen LogP contribution in [-0.4, -0.2) is 67.1 Å². The number of methoxy groups -OCH3 is 1. The third kappa shape index (κ3) is 6.04. The van der Waals surface area contributed by atoms with E-state index in [4.69, 9.17) is 18.7 Å². The number of piperidine rings is 1. The number of likely N-dealkylation sites (tertiary alicyclic amines) is 1. The van der Waals surface area contributed by atoms with Gasteiger partial charge < -0.3 is 23.6 Å². The number of hydrogen-bond acceptors (Lipinski definition) is 7. The molecule has 3 heterocycles. The normalized spacial score (nSPS) is 20.0. The van der Waals surface area contributed by atoms with Crippen molar-refractivity contribution in [3.8, 4) is 5.75 Å². The van der Waals surface area contributed by atoms with Gasteiger partial charge in [0.15, 0.2) is 5.82 Å². The maximum atomic E-state index is 12.7. The van der Waals surface area contributed by atoms with E-state index in [0.717, 1.165) is 56.8 Å². The molecular weight excluding hydrogens is 398 g/mol. The third-order valence-electron chi connectivity index (χ3n) is 5.98. The maximum Gasteiger partial charge on any atom is 0.229 e. The van der Waals surface area contributed by atoms with E-state index in [0.29, 0.717) is 43.6 Å². The standard InChI is InChI=1S/C23H31N3O5/c1-28-19-6-4-17(5-7-19)15-22(27)26-11-2-3-20(16-26)30-14-10-21-24-23(31-25-21)18-8-12-29-13-9-18/h4-7,18,20H,2-3,8-16H2,1H3. The molecule has 2 aliphatic rings. The number of carbonyl (C=O) groups is 1. The second kappa shape index (κ2) is 10.7. The van der Waals surface area contributed by atoms with Crippen molar-refractivity contribution >= 4 is 5.91 Å². The minimum atomic E-state index is 0.0513. The van der Waals surface area contributed by atoms with Crippen LogP contribution in [0.5, 0.6) is 5.75 Å². The van der Waals surface area contributed by atoms with Crippen LogP contribution in [0.25, 0.3) is 0 Å². The van der Waals surface area contributed by atoms with Gasteiger partial charge in [0.05, 0.1) is 26.2 Å². The molecule has 8 nitrogen and oxygen atoms in total. The molecule has 1 amide bonds. The molecular formula is C23H31N3O5. The predicted octanol–water partition coefficient (Wildman–Crippen LogP) is 2.77. The van der Waals surface area contributed by atoms with Crippen LogP contribution in [0.2, 0.25) is 0 Å². The summed E-state index contributed by atoms with van der Waals surface area (Å²) in [5, 5.41) is 4.10. The molecule has 0 radical (unpaired) electrons. The highest BCUT2D eigenvalue weighted by molar-refractivity contribution is 5.79. The van der Waals surface area contributed by atoms with Gasteiger partial charge >= 0.3 is 0 Å². The number of benzene rings is 1.